The van der Waals surface area contributed by atoms with Crippen LogP contribution in [0.4, 0.5) is 0 Å². The summed E-state index contributed by atoms with van der Waals surface area (Å²) in [5.41, 5.74) is 1.60. The lowest BCUT2D eigenvalue weighted by molar-refractivity contribution is 0.0921. The summed E-state index contributed by atoms with van der Waals surface area (Å²) in [6.07, 6.45) is 0. The Labute approximate surface area is 133 Å². The van der Waals surface area contributed by atoms with Gasteiger partial charge in [0.05, 0.1) is 13.0 Å². The molecule has 0 fully saturated rings. The lowest BCUT2D eigenvalue weighted by Gasteiger charge is -2.09. The monoisotopic (exact) mass is 327 g/mol. The third-order valence-corrected chi connectivity index (χ3v) is 3.59. The number of carbonyl (C=O) groups is 1. The van der Waals surface area contributed by atoms with Crippen LogP contribution < -0.4 is 10.1 Å². The Bertz CT molecular complexity index is 652. The molecule has 0 saturated heterocycles. The number of alkyl halides is 1. The third kappa shape index (κ3) is 3.71. The molecule has 1 amide bonds. The van der Waals surface area contributed by atoms with Crippen LogP contribution in [0.2, 0.25) is 5.02 Å². The molecule has 6 heteroatoms. The quantitative estimate of drug-likeness (QED) is 0.847. The summed E-state index contributed by atoms with van der Waals surface area (Å²) in [5, 5.41) is 3.35. The first-order valence-corrected chi connectivity index (χ1v) is 7.22. The predicted octanol–water partition coefficient (Wildman–Crippen LogP) is 3.92. The largest absolute Gasteiger partial charge is 0.496 e. The highest BCUT2D eigenvalue weighted by molar-refractivity contribution is 6.30. The summed E-state index contributed by atoms with van der Waals surface area (Å²) in [5.74, 6) is 1.55. The van der Waals surface area contributed by atoms with Crippen LogP contribution in [0, 0.1) is 6.92 Å². The van der Waals surface area contributed by atoms with Crippen molar-refractivity contribution in [1.29, 1.82) is 0 Å². The lowest BCUT2D eigenvalue weighted by Crippen LogP contribution is -2.22. The molecule has 0 atom stereocenters. The Morgan fingerprint density at radius 1 is 1.33 bits per heavy atom. The van der Waals surface area contributed by atoms with Crippen LogP contribution >= 0.6 is 23.2 Å². The second-order valence-corrected chi connectivity index (χ2v) is 5.17. The Morgan fingerprint density at radius 2 is 2.10 bits per heavy atom. The van der Waals surface area contributed by atoms with E-state index in [1.54, 1.807) is 38.3 Å². The van der Waals surface area contributed by atoms with Gasteiger partial charge in [0.25, 0.3) is 5.91 Å². The van der Waals surface area contributed by atoms with Gasteiger partial charge in [-0.05, 0) is 31.2 Å². The highest BCUT2D eigenvalue weighted by Gasteiger charge is 2.14. The van der Waals surface area contributed by atoms with E-state index in [4.69, 9.17) is 32.4 Å². The summed E-state index contributed by atoms with van der Waals surface area (Å²) in [4.78, 5) is 12.1. The molecular weight excluding hydrogens is 313 g/mol. The molecule has 1 N–H and O–H groups in total. The number of benzene rings is 1. The molecule has 0 aliphatic rings. The molecule has 0 radical (unpaired) electrons. The molecule has 0 aliphatic carbocycles. The zero-order valence-electron chi connectivity index (χ0n) is 11.7. The van der Waals surface area contributed by atoms with E-state index < -0.39 is 0 Å². The highest BCUT2D eigenvalue weighted by Crippen LogP contribution is 2.23. The van der Waals surface area contributed by atoms with Gasteiger partial charge in [-0.2, -0.15) is 0 Å². The van der Waals surface area contributed by atoms with E-state index in [0.29, 0.717) is 29.0 Å². The SMILES string of the molecule is COc1ccc(Cl)cc1CNC(=O)c1cc(CCl)c(C)o1. The van der Waals surface area contributed by atoms with Crippen molar-refractivity contribution in [1.82, 2.24) is 5.32 Å². The Kier molecular flexibility index (Phi) is 5.15. The van der Waals surface area contributed by atoms with Gasteiger partial charge in [-0.25, -0.2) is 0 Å². The van der Waals surface area contributed by atoms with Crippen molar-refractivity contribution in [2.45, 2.75) is 19.3 Å². The van der Waals surface area contributed by atoms with E-state index in [0.717, 1.165) is 11.1 Å². The van der Waals surface area contributed by atoms with Gasteiger partial charge in [-0.3, -0.25) is 4.79 Å². The number of aryl methyl sites for hydroxylation is 1. The fraction of sp³-hybridized carbons (Fsp3) is 0.267. The number of hydrogen-bond acceptors (Lipinski definition) is 3. The first-order chi connectivity index (χ1) is 10.0. The number of carbonyl (C=O) groups excluding carboxylic acids is 1. The number of ether oxygens (including phenoxy) is 1. The first kappa shape index (κ1) is 15.7. The number of rotatable bonds is 5. The van der Waals surface area contributed by atoms with Gasteiger partial charge < -0.3 is 14.5 Å². The fourth-order valence-electron chi connectivity index (χ4n) is 1.91. The minimum Gasteiger partial charge on any atom is -0.496 e. The van der Waals surface area contributed by atoms with Gasteiger partial charge in [0.2, 0.25) is 0 Å². The van der Waals surface area contributed by atoms with E-state index in [-0.39, 0.29) is 11.7 Å². The maximum absolute atomic E-state index is 12.1. The molecule has 0 saturated carbocycles. The summed E-state index contributed by atoms with van der Waals surface area (Å²) in [6, 6.07) is 6.88. The van der Waals surface area contributed by atoms with Crippen molar-refractivity contribution in [2.75, 3.05) is 7.11 Å². The zero-order chi connectivity index (χ0) is 15.4. The lowest BCUT2D eigenvalue weighted by atomic mass is 10.2. The van der Waals surface area contributed by atoms with Gasteiger partial charge in [0, 0.05) is 22.7 Å². The van der Waals surface area contributed by atoms with Crippen LogP contribution in [-0.4, -0.2) is 13.0 Å². The number of methoxy groups -OCH3 is 1. The third-order valence-electron chi connectivity index (χ3n) is 3.07. The topological polar surface area (TPSA) is 51.5 Å². The van der Waals surface area contributed by atoms with Crippen molar-refractivity contribution in [3.05, 3.63) is 51.9 Å². The second-order valence-electron chi connectivity index (χ2n) is 4.46. The smallest absolute Gasteiger partial charge is 0.287 e. The summed E-state index contributed by atoms with van der Waals surface area (Å²) < 4.78 is 10.6. The van der Waals surface area contributed by atoms with E-state index in [1.165, 1.54) is 0 Å². The van der Waals surface area contributed by atoms with Crippen molar-refractivity contribution in [3.8, 4) is 5.75 Å². The van der Waals surface area contributed by atoms with Gasteiger partial charge in [-0.15, -0.1) is 11.6 Å². The molecule has 0 spiro atoms. The van der Waals surface area contributed by atoms with Gasteiger partial charge >= 0.3 is 0 Å². The molecule has 0 aliphatic heterocycles. The molecule has 0 unspecified atom stereocenters. The Balaban J connectivity index is 2.08. The van der Waals surface area contributed by atoms with Crippen molar-refractivity contribution in [3.63, 3.8) is 0 Å². The molecule has 1 aromatic carbocycles. The van der Waals surface area contributed by atoms with Crippen LogP contribution in [0.15, 0.2) is 28.7 Å². The average Bonchev–Trinajstić information content (AvgIpc) is 2.86. The van der Waals surface area contributed by atoms with E-state index >= 15 is 0 Å². The molecule has 112 valence electrons. The van der Waals surface area contributed by atoms with Crippen LogP contribution in [0.3, 0.4) is 0 Å². The van der Waals surface area contributed by atoms with Gasteiger partial charge in [0.15, 0.2) is 5.76 Å². The maximum Gasteiger partial charge on any atom is 0.287 e. The van der Waals surface area contributed by atoms with Crippen molar-refractivity contribution >= 4 is 29.1 Å². The predicted molar refractivity (Wildman–Crippen MR) is 82.2 cm³/mol. The minimum absolute atomic E-state index is 0.240. The van der Waals surface area contributed by atoms with Crippen molar-refractivity contribution < 1.29 is 13.9 Å². The van der Waals surface area contributed by atoms with Gasteiger partial charge in [0.1, 0.15) is 11.5 Å². The van der Waals surface area contributed by atoms with Gasteiger partial charge in [-0.1, -0.05) is 11.6 Å². The van der Waals surface area contributed by atoms with E-state index in [9.17, 15) is 4.79 Å². The number of amides is 1. The maximum atomic E-state index is 12.1. The molecule has 1 aromatic heterocycles. The number of nitrogens with one attached hydrogen (secondary N) is 1. The first-order valence-electron chi connectivity index (χ1n) is 6.31. The molecular formula is C15H15Cl2NO3. The standard InChI is InChI=1S/C15H15Cl2NO3/c1-9-10(7-16)6-14(21-9)15(19)18-8-11-5-12(17)3-4-13(11)20-2/h3-6H,7-8H2,1-2H3,(H,18,19). The van der Waals surface area contributed by atoms with Crippen LogP contribution in [0.1, 0.15) is 27.4 Å². The normalized spacial score (nSPS) is 10.5. The van der Waals surface area contributed by atoms with E-state index in [2.05, 4.69) is 5.32 Å². The highest BCUT2D eigenvalue weighted by atomic mass is 35.5. The molecule has 21 heavy (non-hydrogen) atoms. The molecule has 1 heterocycles. The summed E-state index contributed by atoms with van der Waals surface area (Å²) in [7, 11) is 1.57. The molecule has 2 aromatic rings. The molecule has 4 nitrogen and oxygen atoms in total. The zero-order valence-corrected chi connectivity index (χ0v) is 13.2. The summed E-state index contributed by atoms with van der Waals surface area (Å²) >= 11 is 11.7. The average molecular weight is 328 g/mol. The second kappa shape index (κ2) is 6.87. The Hall–Kier alpha value is -1.65. The minimum atomic E-state index is -0.309. The number of halogens is 2. The summed E-state index contributed by atoms with van der Waals surface area (Å²) in [6.45, 7) is 2.06. The van der Waals surface area contributed by atoms with Crippen LogP contribution in [0.5, 0.6) is 5.75 Å². The molecule has 0 bridgehead atoms. The van der Waals surface area contributed by atoms with Crippen LogP contribution in [0.25, 0.3) is 0 Å². The molecule has 2 rings (SSSR count). The van der Waals surface area contributed by atoms with Crippen molar-refractivity contribution in [2.24, 2.45) is 0 Å². The van der Waals surface area contributed by atoms with Crippen LogP contribution in [-0.2, 0) is 12.4 Å². The number of furan rings is 1. The number of hydrogen-bond donors (Lipinski definition) is 1. The Morgan fingerprint density at radius 3 is 2.71 bits per heavy atom. The van der Waals surface area contributed by atoms with E-state index in [1.807, 2.05) is 0 Å². The fourth-order valence-corrected chi connectivity index (χ4v) is 2.37.